The summed E-state index contributed by atoms with van der Waals surface area (Å²) in [5.74, 6) is 0.472. The molecule has 1 fully saturated rings. The number of ether oxygens (including phenoxy) is 3. The summed E-state index contributed by atoms with van der Waals surface area (Å²) in [4.78, 5) is 11.5. The lowest BCUT2D eigenvalue weighted by atomic mass is 10.2. The van der Waals surface area contributed by atoms with Gasteiger partial charge in [-0.2, -0.15) is 0 Å². The lowest BCUT2D eigenvalue weighted by molar-refractivity contribution is 0.0526. The normalized spacial score (nSPS) is 18.3. The molecule has 4 heteroatoms. The Bertz CT molecular complexity index is 393. The molecule has 0 radical (unpaired) electrons. The van der Waals surface area contributed by atoms with Gasteiger partial charge >= 0.3 is 5.97 Å². The monoisotopic (exact) mass is 264 g/mol. The highest BCUT2D eigenvalue weighted by Gasteiger charge is 2.15. The van der Waals surface area contributed by atoms with E-state index in [1.807, 2.05) is 0 Å². The quantitative estimate of drug-likeness (QED) is 0.741. The molecule has 4 nitrogen and oxygen atoms in total. The Morgan fingerprint density at radius 3 is 2.79 bits per heavy atom. The third-order valence-electron chi connectivity index (χ3n) is 3.10. The minimum atomic E-state index is -0.298. The lowest BCUT2D eigenvalue weighted by Gasteiger charge is -2.10. The summed E-state index contributed by atoms with van der Waals surface area (Å²) in [5.41, 5.74) is 0.549. The minimum absolute atomic E-state index is 0.298. The first-order valence-electron chi connectivity index (χ1n) is 6.81. The van der Waals surface area contributed by atoms with E-state index < -0.39 is 0 Å². The maximum atomic E-state index is 11.5. The fourth-order valence-corrected chi connectivity index (χ4v) is 2.08. The third kappa shape index (κ3) is 4.24. The highest BCUT2D eigenvalue weighted by Crippen LogP contribution is 2.17. The highest BCUT2D eigenvalue weighted by atomic mass is 16.5. The van der Waals surface area contributed by atoms with Crippen molar-refractivity contribution in [3.63, 3.8) is 0 Å². The second-order valence-corrected chi connectivity index (χ2v) is 4.52. The predicted octanol–water partition coefficient (Wildman–Crippen LogP) is 2.81. The second kappa shape index (κ2) is 7.14. The number of esters is 1. The molecule has 104 valence electrons. The van der Waals surface area contributed by atoms with Crippen LogP contribution in [0.5, 0.6) is 5.75 Å². The van der Waals surface area contributed by atoms with Crippen molar-refractivity contribution in [2.75, 3.05) is 19.8 Å². The van der Waals surface area contributed by atoms with Crippen molar-refractivity contribution in [3.8, 4) is 5.75 Å². The number of carbonyl (C=O) groups is 1. The van der Waals surface area contributed by atoms with Crippen molar-refractivity contribution in [1.29, 1.82) is 0 Å². The summed E-state index contributed by atoms with van der Waals surface area (Å²) in [6.45, 7) is 3.70. The molecule has 1 saturated heterocycles. The number of hydrogen-bond acceptors (Lipinski definition) is 4. The summed E-state index contributed by atoms with van der Waals surface area (Å²) in [6, 6.07) is 7.03. The molecule has 1 unspecified atom stereocenters. The van der Waals surface area contributed by atoms with Crippen LogP contribution in [0.15, 0.2) is 24.3 Å². The third-order valence-corrected chi connectivity index (χ3v) is 3.10. The molecule has 2 rings (SSSR count). The highest BCUT2D eigenvalue weighted by molar-refractivity contribution is 5.89. The van der Waals surface area contributed by atoms with Crippen molar-refractivity contribution < 1.29 is 19.0 Å². The van der Waals surface area contributed by atoms with Crippen LogP contribution in [0, 0.1) is 0 Å². The van der Waals surface area contributed by atoms with Crippen molar-refractivity contribution in [2.45, 2.75) is 32.3 Å². The Hall–Kier alpha value is -1.55. The number of rotatable bonds is 6. The molecule has 0 bridgehead atoms. The average molecular weight is 264 g/mol. The Balaban J connectivity index is 1.76. The van der Waals surface area contributed by atoms with Crippen LogP contribution in [-0.2, 0) is 9.47 Å². The molecule has 0 saturated carbocycles. The molecule has 19 heavy (non-hydrogen) atoms. The largest absolute Gasteiger partial charge is 0.493 e. The average Bonchev–Trinajstić information content (AvgIpc) is 2.93. The standard InChI is InChI=1S/C15H20O4/c1-2-17-15(16)12-5-7-14(8-6-12)19-11-9-13-4-3-10-18-13/h5-8,13H,2-4,9-11H2,1H3. The Morgan fingerprint density at radius 2 is 2.16 bits per heavy atom. The van der Waals surface area contributed by atoms with Crippen molar-refractivity contribution in [2.24, 2.45) is 0 Å². The van der Waals surface area contributed by atoms with Crippen molar-refractivity contribution >= 4 is 5.97 Å². The van der Waals surface area contributed by atoms with Gasteiger partial charge < -0.3 is 14.2 Å². The maximum Gasteiger partial charge on any atom is 0.338 e. The van der Waals surface area contributed by atoms with Crippen LogP contribution in [0.25, 0.3) is 0 Å². The maximum absolute atomic E-state index is 11.5. The molecule has 0 aliphatic carbocycles. The molecular weight excluding hydrogens is 244 g/mol. The van der Waals surface area contributed by atoms with E-state index in [1.165, 1.54) is 0 Å². The van der Waals surface area contributed by atoms with E-state index in [0.717, 1.165) is 31.6 Å². The number of carbonyl (C=O) groups excluding carboxylic acids is 1. The molecule has 0 aromatic heterocycles. The molecule has 0 N–H and O–H groups in total. The van der Waals surface area contributed by atoms with Gasteiger partial charge in [0.2, 0.25) is 0 Å². The first-order valence-corrected chi connectivity index (χ1v) is 6.81. The molecule has 1 aliphatic heterocycles. The minimum Gasteiger partial charge on any atom is -0.493 e. The summed E-state index contributed by atoms with van der Waals surface area (Å²) >= 11 is 0. The van der Waals surface area contributed by atoms with Crippen LogP contribution < -0.4 is 4.74 Å². The van der Waals surface area contributed by atoms with Crippen molar-refractivity contribution in [1.82, 2.24) is 0 Å². The predicted molar refractivity (Wildman–Crippen MR) is 71.5 cm³/mol. The van der Waals surface area contributed by atoms with Gasteiger partial charge in [0.1, 0.15) is 5.75 Å². The zero-order valence-electron chi connectivity index (χ0n) is 11.3. The Morgan fingerprint density at radius 1 is 1.37 bits per heavy atom. The van der Waals surface area contributed by atoms with Crippen LogP contribution >= 0.6 is 0 Å². The van der Waals surface area contributed by atoms with Crippen LogP contribution in [0.3, 0.4) is 0 Å². The zero-order valence-corrected chi connectivity index (χ0v) is 11.3. The second-order valence-electron chi connectivity index (χ2n) is 4.52. The molecule has 0 amide bonds. The number of benzene rings is 1. The molecule has 1 heterocycles. The van der Waals surface area contributed by atoms with Crippen LogP contribution in [-0.4, -0.2) is 31.9 Å². The summed E-state index contributed by atoms with van der Waals surface area (Å²) < 4.78 is 16.1. The first kappa shape index (κ1) is 13.9. The molecular formula is C15H20O4. The molecule has 1 aromatic rings. The van der Waals surface area contributed by atoms with E-state index >= 15 is 0 Å². The fourth-order valence-electron chi connectivity index (χ4n) is 2.08. The summed E-state index contributed by atoms with van der Waals surface area (Å²) in [7, 11) is 0. The molecule has 1 aliphatic rings. The van der Waals surface area contributed by atoms with Gasteiger partial charge in [0.25, 0.3) is 0 Å². The van der Waals surface area contributed by atoms with Gasteiger partial charge in [-0.1, -0.05) is 0 Å². The van der Waals surface area contributed by atoms with Crippen LogP contribution in [0.1, 0.15) is 36.5 Å². The van der Waals surface area contributed by atoms with Gasteiger partial charge in [-0.25, -0.2) is 4.79 Å². The fraction of sp³-hybridized carbons (Fsp3) is 0.533. The van der Waals surface area contributed by atoms with Gasteiger partial charge in [0.05, 0.1) is 24.9 Å². The topological polar surface area (TPSA) is 44.8 Å². The SMILES string of the molecule is CCOC(=O)c1ccc(OCCC2CCCO2)cc1. The van der Waals surface area contributed by atoms with Crippen molar-refractivity contribution in [3.05, 3.63) is 29.8 Å². The summed E-state index contributed by atoms with van der Waals surface area (Å²) in [5, 5.41) is 0. The van der Waals surface area contributed by atoms with E-state index in [9.17, 15) is 4.79 Å². The van der Waals surface area contributed by atoms with Gasteiger partial charge in [-0.3, -0.25) is 0 Å². The van der Waals surface area contributed by atoms with E-state index in [1.54, 1.807) is 31.2 Å². The molecule has 1 aromatic carbocycles. The van der Waals surface area contributed by atoms with E-state index in [-0.39, 0.29) is 5.97 Å². The van der Waals surface area contributed by atoms with Gasteiger partial charge in [0, 0.05) is 13.0 Å². The number of hydrogen-bond donors (Lipinski definition) is 0. The first-order chi connectivity index (χ1) is 9.29. The smallest absolute Gasteiger partial charge is 0.338 e. The summed E-state index contributed by atoms with van der Waals surface area (Å²) in [6.07, 6.45) is 3.54. The van der Waals surface area contributed by atoms with Gasteiger partial charge in [0.15, 0.2) is 0 Å². The lowest BCUT2D eigenvalue weighted by Crippen LogP contribution is -2.10. The van der Waals surface area contributed by atoms with Gasteiger partial charge in [-0.15, -0.1) is 0 Å². The Labute approximate surface area is 113 Å². The Kier molecular flexibility index (Phi) is 5.21. The van der Waals surface area contributed by atoms with Gasteiger partial charge in [-0.05, 0) is 44.0 Å². The van der Waals surface area contributed by atoms with E-state index in [0.29, 0.717) is 24.9 Å². The van der Waals surface area contributed by atoms with E-state index in [4.69, 9.17) is 14.2 Å². The van der Waals surface area contributed by atoms with Crippen LogP contribution in [0.2, 0.25) is 0 Å². The molecule has 0 spiro atoms. The van der Waals surface area contributed by atoms with E-state index in [2.05, 4.69) is 0 Å². The van der Waals surface area contributed by atoms with Crippen LogP contribution in [0.4, 0.5) is 0 Å². The molecule has 1 atom stereocenters. The zero-order chi connectivity index (χ0) is 13.5.